The van der Waals surface area contributed by atoms with Crippen molar-refractivity contribution < 1.29 is 9.59 Å². The Bertz CT molecular complexity index is 1220. The van der Waals surface area contributed by atoms with Crippen LogP contribution in [-0.4, -0.2) is 70.0 Å². The molecule has 1 N–H and O–H groups in total. The number of carbonyl (C=O) groups excluding carboxylic acids is 2. The number of piperazine rings is 1. The summed E-state index contributed by atoms with van der Waals surface area (Å²) in [6.45, 7) is 6.25. The zero-order chi connectivity index (χ0) is 24.4. The van der Waals surface area contributed by atoms with Crippen LogP contribution in [0.1, 0.15) is 56.6 Å². The SMILES string of the molecule is Cn1c(=O)n(C2CCC(=O)NC2=O)c2cccc(C#CCN3CCN(CC4CCCCC4)CC3)c21. The number of piperidine rings is 1. The van der Waals surface area contributed by atoms with Crippen LogP contribution >= 0.6 is 0 Å². The van der Waals surface area contributed by atoms with E-state index in [4.69, 9.17) is 0 Å². The van der Waals surface area contributed by atoms with E-state index in [1.54, 1.807) is 11.6 Å². The van der Waals surface area contributed by atoms with Gasteiger partial charge in [-0.05, 0) is 37.3 Å². The van der Waals surface area contributed by atoms with Gasteiger partial charge in [-0.1, -0.05) is 37.2 Å². The second-order valence-electron chi connectivity index (χ2n) is 10.2. The molecule has 1 saturated carbocycles. The molecule has 2 aromatic rings. The van der Waals surface area contributed by atoms with Gasteiger partial charge in [0.15, 0.2) is 0 Å². The van der Waals surface area contributed by atoms with Gasteiger partial charge in [0.2, 0.25) is 11.8 Å². The summed E-state index contributed by atoms with van der Waals surface area (Å²) in [6, 6.07) is 4.96. The minimum atomic E-state index is -0.683. The van der Waals surface area contributed by atoms with E-state index in [0.717, 1.165) is 43.2 Å². The number of carbonyl (C=O) groups is 2. The maximum absolute atomic E-state index is 13.1. The molecule has 35 heavy (non-hydrogen) atoms. The van der Waals surface area contributed by atoms with Crippen LogP contribution in [0.4, 0.5) is 0 Å². The molecule has 2 saturated heterocycles. The second kappa shape index (κ2) is 10.4. The first-order chi connectivity index (χ1) is 17.0. The van der Waals surface area contributed by atoms with Gasteiger partial charge in [0.1, 0.15) is 6.04 Å². The van der Waals surface area contributed by atoms with Gasteiger partial charge in [-0.15, -0.1) is 0 Å². The van der Waals surface area contributed by atoms with Crippen molar-refractivity contribution in [1.29, 1.82) is 0 Å². The highest BCUT2D eigenvalue weighted by Crippen LogP contribution is 2.26. The maximum atomic E-state index is 13.1. The highest BCUT2D eigenvalue weighted by atomic mass is 16.2. The number of imidazole rings is 1. The predicted molar refractivity (Wildman–Crippen MR) is 135 cm³/mol. The summed E-state index contributed by atoms with van der Waals surface area (Å²) in [7, 11) is 1.71. The number of hydrogen-bond acceptors (Lipinski definition) is 5. The summed E-state index contributed by atoms with van der Waals surface area (Å²) in [5.74, 6) is 6.77. The molecule has 1 unspecified atom stereocenters. The van der Waals surface area contributed by atoms with E-state index in [0.29, 0.717) is 18.5 Å². The fourth-order valence-corrected chi connectivity index (χ4v) is 5.88. The second-order valence-corrected chi connectivity index (χ2v) is 10.2. The Kier molecular flexibility index (Phi) is 7.07. The van der Waals surface area contributed by atoms with Crippen LogP contribution in [0.2, 0.25) is 0 Å². The van der Waals surface area contributed by atoms with Gasteiger partial charge in [0.25, 0.3) is 0 Å². The molecule has 8 nitrogen and oxygen atoms in total. The van der Waals surface area contributed by atoms with Crippen molar-refractivity contribution in [3.8, 4) is 11.8 Å². The molecule has 2 amide bonds. The normalized spacial score (nSPS) is 22.7. The van der Waals surface area contributed by atoms with Crippen LogP contribution in [-0.2, 0) is 16.6 Å². The molecular formula is C27H35N5O3. The van der Waals surface area contributed by atoms with Gasteiger partial charge in [0, 0.05) is 46.2 Å². The molecule has 1 aromatic heterocycles. The maximum Gasteiger partial charge on any atom is 0.329 e. The molecule has 3 aliphatic rings. The largest absolute Gasteiger partial charge is 0.329 e. The third-order valence-electron chi connectivity index (χ3n) is 7.86. The first-order valence-corrected chi connectivity index (χ1v) is 13.0. The molecule has 3 fully saturated rings. The van der Waals surface area contributed by atoms with Crippen LogP contribution in [0.5, 0.6) is 0 Å². The Morgan fingerprint density at radius 3 is 2.46 bits per heavy atom. The van der Waals surface area contributed by atoms with Gasteiger partial charge in [0.05, 0.1) is 23.1 Å². The van der Waals surface area contributed by atoms with Gasteiger partial charge < -0.3 is 4.90 Å². The number of rotatable bonds is 4. The number of benzene rings is 1. The topological polar surface area (TPSA) is 79.6 Å². The third-order valence-corrected chi connectivity index (χ3v) is 7.86. The molecule has 1 atom stereocenters. The lowest BCUT2D eigenvalue weighted by Crippen LogP contribution is -2.47. The van der Waals surface area contributed by atoms with Gasteiger partial charge in [-0.2, -0.15) is 0 Å². The summed E-state index contributed by atoms with van der Waals surface area (Å²) >= 11 is 0. The van der Waals surface area contributed by atoms with E-state index in [-0.39, 0.29) is 18.0 Å². The smallest absolute Gasteiger partial charge is 0.301 e. The predicted octanol–water partition coefficient (Wildman–Crippen LogP) is 1.87. The Labute approximate surface area is 206 Å². The third kappa shape index (κ3) is 5.07. The quantitative estimate of drug-likeness (QED) is 0.537. The molecule has 1 aliphatic carbocycles. The summed E-state index contributed by atoms with van der Waals surface area (Å²) in [4.78, 5) is 42.1. The number of imide groups is 1. The molecule has 3 heterocycles. The zero-order valence-corrected chi connectivity index (χ0v) is 20.6. The highest BCUT2D eigenvalue weighted by molar-refractivity contribution is 6.00. The molecule has 186 valence electrons. The van der Waals surface area contributed by atoms with Crippen molar-refractivity contribution in [1.82, 2.24) is 24.3 Å². The number of hydrogen-bond donors (Lipinski definition) is 1. The minimum Gasteiger partial charge on any atom is -0.301 e. The molecule has 8 heteroatoms. The minimum absolute atomic E-state index is 0.229. The van der Waals surface area contributed by atoms with E-state index < -0.39 is 11.9 Å². The van der Waals surface area contributed by atoms with Crippen molar-refractivity contribution in [2.24, 2.45) is 13.0 Å². The van der Waals surface area contributed by atoms with E-state index in [9.17, 15) is 14.4 Å². The Balaban J connectivity index is 1.26. The van der Waals surface area contributed by atoms with Crippen molar-refractivity contribution in [2.75, 3.05) is 39.3 Å². The molecule has 2 aliphatic heterocycles. The van der Waals surface area contributed by atoms with E-state index in [2.05, 4.69) is 27.0 Å². The number of fused-ring (bicyclic) bond motifs is 1. The summed E-state index contributed by atoms with van der Waals surface area (Å²) in [6.07, 6.45) is 7.55. The number of amides is 2. The lowest BCUT2D eigenvalue weighted by atomic mass is 9.89. The Hall–Kier alpha value is -2.89. The summed E-state index contributed by atoms with van der Waals surface area (Å²) in [5, 5.41) is 2.36. The first kappa shape index (κ1) is 23.8. The molecule has 0 bridgehead atoms. The lowest BCUT2D eigenvalue weighted by Gasteiger charge is -2.36. The van der Waals surface area contributed by atoms with Crippen molar-refractivity contribution >= 4 is 22.8 Å². The zero-order valence-electron chi connectivity index (χ0n) is 20.6. The van der Waals surface area contributed by atoms with Crippen LogP contribution in [0.3, 0.4) is 0 Å². The monoisotopic (exact) mass is 477 g/mol. The lowest BCUT2D eigenvalue weighted by molar-refractivity contribution is -0.135. The van der Waals surface area contributed by atoms with E-state index >= 15 is 0 Å². The van der Waals surface area contributed by atoms with Crippen LogP contribution in [0.25, 0.3) is 11.0 Å². The number of aryl methyl sites for hydroxylation is 1. The number of aromatic nitrogens is 2. The highest BCUT2D eigenvalue weighted by Gasteiger charge is 2.31. The van der Waals surface area contributed by atoms with Crippen molar-refractivity contribution in [3.05, 3.63) is 34.2 Å². The molecule has 1 aromatic carbocycles. The summed E-state index contributed by atoms with van der Waals surface area (Å²) < 4.78 is 3.07. The first-order valence-electron chi connectivity index (χ1n) is 13.0. The van der Waals surface area contributed by atoms with E-state index in [1.807, 2.05) is 18.2 Å². The number of para-hydroxylation sites is 1. The number of nitrogens with one attached hydrogen (secondary N) is 1. The van der Waals surface area contributed by atoms with E-state index in [1.165, 1.54) is 43.2 Å². The van der Waals surface area contributed by atoms with Crippen molar-refractivity contribution in [3.63, 3.8) is 0 Å². The van der Waals surface area contributed by atoms with Gasteiger partial charge in [-0.3, -0.25) is 28.9 Å². The van der Waals surface area contributed by atoms with Crippen LogP contribution in [0.15, 0.2) is 23.0 Å². The van der Waals surface area contributed by atoms with Crippen LogP contribution < -0.4 is 11.0 Å². The number of nitrogens with zero attached hydrogens (tertiary/aromatic N) is 4. The molecule has 5 rings (SSSR count). The van der Waals surface area contributed by atoms with Crippen LogP contribution in [0, 0.1) is 17.8 Å². The fraction of sp³-hybridized carbons (Fsp3) is 0.593. The molecular weight excluding hydrogens is 442 g/mol. The Morgan fingerprint density at radius 2 is 1.71 bits per heavy atom. The molecule has 0 radical (unpaired) electrons. The Morgan fingerprint density at radius 1 is 0.971 bits per heavy atom. The van der Waals surface area contributed by atoms with Gasteiger partial charge >= 0.3 is 5.69 Å². The average Bonchev–Trinajstić information content (AvgIpc) is 3.11. The standard InChI is InChI=1S/C27H35N5O3/c1-29-25-21(9-5-11-22(25)32(27(29)35)23-12-13-24(33)28-26(23)34)10-6-14-30-15-17-31(18-16-30)19-20-7-3-2-4-8-20/h5,9,11,20,23H,2-4,7-8,12-19H2,1H3,(H,28,33,34). The molecule has 0 spiro atoms. The van der Waals surface area contributed by atoms with Crippen molar-refractivity contribution in [2.45, 2.75) is 51.0 Å². The summed E-state index contributed by atoms with van der Waals surface area (Å²) in [5.41, 5.74) is 1.92. The fourth-order valence-electron chi connectivity index (χ4n) is 5.88. The van der Waals surface area contributed by atoms with Gasteiger partial charge in [-0.25, -0.2) is 4.79 Å². The average molecular weight is 478 g/mol.